The summed E-state index contributed by atoms with van der Waals surface area (Å²) in [7, 11) is 0. The van der Waals surface area contributed by atoms with Crippen LogP contribution in [-0.2, 0) is 6.61 Å². The molecule has 0 unspecified atom stereocenters. The number of rotatable bonds is 6. The molecule has 2 aromatic rings. The van der Waals surface area contributed by atoms with E-state index in [9.17, 15) is 4.79 Å². The first-order chi connectivity index (χ1) is 10.2. The largest absolute Gasteiger partial charge is 0.490 e. The summed E-state index contributed by atoms with van der Waals surface area (Å²) in [5.74, 6) is 0.971. The number of nitrogen functional groups attached to an aromatic ring is 1. The number of aryl methyl sites for hydroxylation is 1. The van der Waals surface area contributed by atoms with E-state index in [1.54, 1.807) is 12.1 Å². The lowest BCUT2D eigenvalue weighted by molar-refractivity contribution is 0.112. The Balaban J connectivity index is 2.26. The predicted molar refractivity (Wildman–Crippen MR) is 82.9 cm³/mol. The third kappa shape index (κ3) is 3.54. The minimum Gasteiger partial charge on any atom is -0.490 e. The Morgan fingerprint density at radius 3 is 2.62 bits per heavy atom. The molecule has 0 saturated carbocycles. The highest BCUT2D eigenvalue weighted by Gasteiger charge is 2.12. The number of ether oxygens (including phenoxy) is 2. The Morgan fingerprint density at radius 1 is 1.19 bits per heavy atom. The summed E-state index contributed by atoms with van der Waals surface area (Å²) in [5.41, 5.74) is 9.07. The van der Waals surface area contributed by atoms with Crippen molar-refractivity contribution < 1.29 is 14.3 Å². The van der Waals surface area contributed by atoms with Crippen LogP contribution in [0.4, 0.5) is 5.69 Å². The van der Waals surface area contributed by atoms with E-state index in [1.165, 1.54) is 0 Å². The molecule has 0 heterocycles. The van der Waals surface area contributed by atoms with Crippen molar-refractivity contribution >= 4 is 12.0 Å². The number of aldehydes is 1. The standard InChI is InChI=1S/C17H19NO3/c1-3-20-16-9-13(10-19)8-15(18)17(16)21-11-14-7-5-4-6-12(14)2/h4-10H,3,11,18H2,1-2H3. The summed E-state index contributed by atoms with van der Waals surface area (Å²) in [4.78, 5) is 10.9. The fourth-order valence-electron chi connectivity index (χ4n) is 2.05. The van der Waals surface area contributed by atoms with Gasteiger partial charge >= 0.3 is 0 Å². The maximum Gasteiger partial charge on any atom is 0.184 e. The van der Waals surface area contributed by atoms with Crippen LogP contribution in [0.1, 0.15) is 28.4 Å². The lowest BCUT2D eigenvalue weighted by Gasteiger charge is -2.15. The molecule has 2 aromatic carbocycles. The second-order valence-electron chi connectivity index (χ2n) is 4.70. The summed E-state index contributed by atoms with van der Waals surface area (Å²) in [6, 6.07) is 11.2. The highest BCUT2D eigenvalue weighted by atomic mass is 16.5. The Bertz CT molecular complexity index is 638. The highest BCUT2D eigenvalue weighted by Crippen LogP contribution is 2.35. The lowest BCUT2D eigenvalue weighted by Crippen LogP contribution is -2.04. The average molecular weight is 285 g/mol. The van der Waals surface area contributed by atoms with Crippen molar-refractivity contribution in [3.63, 3.8) is 0 Å². The van der Waals surface area contributed by atoms with E-state index < -0.39 is 0 Å². The van der Waals surface area contributed by atoms with Gasteiger partial charge in [-0.1, -0.05) is 24.3 Å². The van der Waals surface area contributed by atoms with Gasteiger partial charge in [0.1, 0.15) is 12.9 Å². The van der Waals surface area contributed by atoms with Crippen LogP contribution in [0.15, 0.2) is 36.4 Å². The SMILES string of the molecule is CCOc1cc(C=O)cc(N)c1OCc1ccccc1C. The molecule has 0 bridgehead atoms. The first kappa shape index (κ1) is 14.9. The molecule has 0 aromatic heterocycles. The zero-order valence-corrected chi connectivity index (χ0v) is 12.3. The van der Waals surface area contributed by atoms with Gasteiger partial charge in [-0.3, -0.25) is 4.79 Å². The molecule has 0 saturated heterocycles. The average Bonchev–Trinajstić information content (AvgIpc) is 2.48. The lowest BCUT2D eigenvalue weighted by atomic mass is 10.1. The Labute approximate surface area is 124 Å². The van der Waals surface area contributed by atoms with Crippen LogP contribution >= 0.6 is 0 Å². The fourth-order valence-corrected chi connectivity index (χ4v) is 2.05. The Morgan fingerprint density at radius 2 is 1.95 bits per heavy atom. The maximum atomic E-state index is 10.9. The molecular formula is C17H19NO3. The minimum atomic E-state index is 0.400. The van der Waals surface area contributed by atoms with Crippen molar-refractivity contribution in [1.29, 1.82) is 0 Å². The van der Waals surface area contributed by atoms with Crippen molar-refractivity contribution in [3.05, 3.63) is 53.1 Å². The van der Waals surface area contributed by atoms with Gasteiger partial charge in [0.2, 0.25) is 0 Å². The summed E-state index contributed by atoms with van der Waals surface area (Å²) in [6.07, 6.45) is 0.740. The van der Waals surface area contributed by atoms with Gasteiger partial charge in [-0.05, 0) is 37.1 Å². The zero-order chi connectivity index (χ0) is 15.2. The molecule has 2 rings (SSSR count). The van der Waals surface area contributed by atoms with Gasteiger partial charge < -0.3 is 15.2 Å². The van der Waals surface area contributed by atoms with Gasteiger partial charge in [0.25, 0.3) is 0 Å². The van der Waals surface area contributed by atoms with Crippen molar-refractivity contribution in [2.75, 3.05) is 12.3 Å². The van der Waals surface area contributed by atoms with Crippen molar-refractivity contribution in [3.8, 4) is 11.5 Å². The molecule has 0 atom stereocenters. The van der Waals surface area contributed by atoms with Gasteiger partial charge in [0.05, 0.1) is 12.3 Å². The van der Waals surface area contributed by atoms with Crippen LogP contribution in [0.25, 0.3) is 0 Å². The number of hydrogen-bond acceptors (Lipinski definition) is 4. The summed E-state index contributed by atoms with van der Waals surface area (Å²) in [6.45, 7) is 4.77. The normalized spacial score (nSPS) is 10.2. The van der Waals surface area contributed by atoms with Crippen LogP contribution in [0.3, 0.4) is 0 Å². The third-order valence-corrected chi connectivity index (χ3v) is 3.18. The number of anilines is 1. The molecule has 0 amide bonds. The number of nitrogens with two attached hydrogens (primary N) is 1. The van der Waals surface area contributed by atoms with Crippen LogP contribution in [0, 0.1) is 6.92 Å². The number of hydrogen-bond donors (Lipinski definition) is 1. The van der Waals surface area contributed by atoms with E-state index in [1.807, 2.05) is 38.1 Å². The van der Waals surface area contributed by atoms with E-state index in [0.717, 1.165) is 17.4 Å². The molecule has 4 nitrogen and oxygen atoms in total. The number of benzene rings is 2. The van der Waals surface area contributed by atoms with E-state index in [0.29, 0.717) is 36.0 Å². The molecule has 0 radical (unpaired) electrons. The zero-order valence-electron chi connectivity index (χ0n) is 12.3. The van der Waals surface area contributed by atoms with E-state index >= 15 is 0 Å². The molecule has 0 fully saturated rings. The summed E-state index contributed by atoms with van der Waals surface area (Å²) < 4.78 is 11.3. The van der Waals surface area contributed by atoms with E-state index in [-0.39, 0.29) is 0 Å². The molecule has 0 spiro atoms. The number of carbonyl (C=O) groups excluding carboxylic acids is 1. The Hall–Kier alpha value is -2.49. The number of carbonyl (C=O) groups is 1. The monoisotopic (exact) mass is 285 g/mol. The van der Waals surface area contributed by atoms with Gasteiger partial charge in [0, 0.05) is 5.56 Å². The van der Waals surface area contributed by atoms with Crippen LogP contribution in [0.5, 0.6) is 11.5 Å². The highest BCUT2D eigenvalue weighted by molar-refractivity contribution is 5.80. The first-order valence-electron chi connectivity index (χ1n) is 6.84. The quantitative estimate of drug-likeness (QED) is 0.653. The fraction of sp³-hybridized carbons (Fsp3) is 0.235. The van der Waals surface area contributed by atoms with Crippen molar-refractivity contribution in [2.24, 2.45) is 0 Å². The molecule has 0 aliphatic carbocycles. The van der Waals surface area contributed by atoms with Crippen LogP contribution in [0.2, 0.25) is 0 Å². The molecule has 21 heavy (non-hydrogen) atoms. The molecular weight excluding hydrogens is 266 g/mol. The first-order valence-corrected chi connectivity index (χ1v) is 6.84. The van der Waals surface area contributed by atoms with Crippen LogP contribution in [-0.4, -0.2) is 12.9 Å². The maximum absolute atomic E-state index is 10.9. The second-order valence-corrected chi connectivity index (χ2v) is 4.70. The van der Waals surface area contributed by atoms with E-state index in [2.05, 4.69) is 0 Å². The molecule has 2 N–H and O–H groups in total. The van der Waals surface area contributed by atoms with Crippen molar-refractivity contribution in [2.45, 2.75) is 20.5 Å². The molecule has 0 aliphatic heterocycles. The van der Waals surface area contributed by atoms with Gasteiger partial charge in [0.15, 0.2) is 11.5 Å². The summed E-state index contributed by atoms with van der Waals surface area (Å²) >= 11 is 0. The smallest absolute Gasteiger partial charge is 0.184 e. The minimum absolute atomic E-state index is 0.400. The second kappa shape index (κ2) is 6.79. The van der Waals surface area contributed by atoms with Crippen LogP contribution < -0.4 is 15.2 Å². The predicted octanol–water partition coefficient (Wildman–Crippen LogP) is 3.37. The topological polar surface area (TPSA) is 61.5 Å². The third-order valence-electron chi connectivity index (χ3n) is 3.18. The summed E-state index contributed by atoms with van der Waals surface area (Å²) in [5, 5.41) is 0. The molecule has 4 heteroatoms. The molecule has 110 valence electrons. The van der Waals surface area contributed by atoms with Gasteiger partial charge in [-0.25, -0.2) is 0 Å². The van der Waals surface area contributed by atoms with Gasteiger partial charge in [-0.15, -0.1) is 0 Å². The van der Waals surface area contributed by atoms with Gasteiger partial charge in [-0.2, -0.15) is 0 Å². The molecule has 0 aliphatic rings. The Kier molecular flexibility index (Phi) is 4.82. The van der Waals surface area contributed by atoms with E-state index in [4.69, 9.17) is 15.2 Å². The van der Waals surface area contributed by atoms with Crippen molar-refractivity contribution in [1.82, 2.24) is 0 Å².